The molecule has 0 N–H and O–H groups in total. The van der Waals surface area contributed by atoms with E-state index >= 15 is 0 Å². The first-order valence-corrected chi connectivity index (χ1v) is 6.89. The first-order valence-electron chi connectivity index (χ1n) is 6.89. The predicted octanol–water partition coefficient (Wildman–Crippen LogP) is 3.47. The SMILES string of the molecule is C#C.CC(C)(C)OC=O.CCN(CC)C(=O)OC(C)(C)C. The van der Waals surface area contributed by atoms with Gasteiger partial charge in [-0.3, -0.25) is 4.79 Å². The summed E-state index contributed by atoms with van der Waals surface area (Å²) in [6.45, 7) is 16.8. The molecule has 0 unspecified atom stereocenters. The van der Waals surface area contributed by atoms with Gasteiger partial charge in [-0.15, -0.1) is 12.8 Å². The molecule has 0 fully saturated rings. The maximum Gasteiger partial charge on any atom is 0.410 e. The Morgan fingerprint density at radius 2 is 1.38 bits per heavy atom. The second kappa shape index (κ2) is 12.1. The number of carbonyl (C=O) groups excluding carboxylic acids is 2. The lowest BCUT2D eigenvalue weighted by Crippen LogP contribution is -2.36. The molecule has 0 aromatic heterocycles. The van der Waals surface area contributed by atoms with Gasteiger partial charge in [0.1, 0.15) is 11.2 Å². The van der Waals surface area contributed by atoms with Crippen LogP contribution in [0.3, 0.4) is 0 Å². The fourth-order valence-corrected chi connectivity index (χ4v) is 0.953. The fourth-order valence-electron chi connectivity index (χ4n) is 0.953. The third kappa shape index (κ3) is 20.8. The van der Waals surface area contributed by atoms with Gasteiger partial charge in [-0.1, -0.05) is 0 Å². The van der Waals surface area contributed by atoms with Crippen molar-refractivity contribution in [1.82, 2.24) is 4.90 Å². The Labute approximate surface area is 130 Å². The van der Waals surface area contributed by atoms with Crippen molar-refractivity contribution in [3.8, 4) is 12.8 Å². The Kier molecular flexibility index (Phi) is 14.0. The minimum absolute atomic E-state index is 0.229. The van der Waals surface area contributed by atoms with Crippen LogP contribution in [0.4, 0.5) is 4.79 Å². The molecule has 0 saturated heterocycles. The van der Waals surface area contributed by atoms with E-state index in [0.717, 1.165) is 0 Å². The van der Waals surface area contributed by atoms with Crippen molar-refractivity contribution in [3.05, 3.63) is 0 Å². The van der Waals surface area contributed by atoms with Gasteiger partial charge in [-0.2, -0.15) is 0 Å². The monoisotopic (exact) mass is 301 g/mol. The van der Waals surface area contributed by atoms with Gasteiger partial charge in [-0.05, 0) is 55.4 Å². The minimum atomic E-state index is -0.389. The number of nitrogens with zero attached hydrogens (tertiary/aromatic N) is 1. The molecule has 0 aliphatic heterocycles. The summed E-state index contributed by atoms with van der Waals surface area (Å²) in [4.78, 5) is 22.6. The van der Waals surface area contributed by atoms with Gasteiger partial charge in [0.25, 0.3) is 6.47 Å². The molecule has 0 bridgehead atoms. The van der Waals surface area contributed by atoms with E-state index in [1.54, 1.807) is 4.90 Å². The summed E-state index contributed by atoms with van der Waals surface area (Å²) in [5.41, 5.74) is -0.707. The lowest BCUT2D eigenvalue weighted by Gasteiger charge is -2.25. The van der Waals surface area contributed by atoms with Gasteiger partial charge in [0.2, 0.25) is 0 Å². The predicted molar refractivity (Wildman–Crippen MR) is 85.9 cm³/mol. The first-order chi connectivity index (χ1) is 9.46. The van der Waals surface area contributed by atoms with E-state index in [-0.39, 0.29) is 17.3 Å². The van der Waals surface area contributed by atoms with Crippen LogP contribution in [0.2, 0.25) is 0 Å². The van der Waals surface area contributed by atoms with Gasteiger partial charge in [-0.25, -0.2) is 4.79 Å². The van der Waals surface area contributed by atoms with E-state index in [4.69, 9.17) is 4.74 Å². The summed E-state index contributed by atoms with van der Waals surface area (Å²) in [5, 5.41) is 0. The highest BCUT2D eigenvalue weighted by molar-refractivity contribution is 5.67. The maximum atomic E-state index is 11.3. The largest absolute Gasteiger partial charge is 0.462 e. The van der Waals surface area contributed by atoms with Gasteiger partial charge in [0.15, 0.2) is 0 Å². The van der Waals surface area contributed by atoms with Crippen LogP contribution < -0.4 is 0 Å². The number of ether oxygens (including phenoxy) is 2. The quantitative estimate of drug-likeness (QED) is 0.591. The van der Waals surface area contributed by atoms with E-state index in [1.165, 1.54) is 0 Å². The molecule has 0 aromatic carbocycles. The Bertz CT molecular complexity index is 294. The van der Waals surface area contributed by atoms with Crippen LogP contribution in [-0.4, -0.2) is 41.8 Å². The van der Waals surface area contributed by atoms with Crippen molar-refractivity contribution < 1.29 is 19.1 Å². The molecular weight excluding hydrogens is 270 g/mol. The number of hydrogen-bond donors (Lipinski definition) is 0. The summed E-state index contributed by atoms with van der Waals surface area (Å²) >= 11 is 0. The number of carbonyl (C=O) groups is 2. The molecule has 0 saturated carbocycles. The molecule has 0 aromatic rings. The van der Waals surface area contributed by atoms with Crippen LogP contribution >= 0.6 is 0 Å². The Morgan fingerprint density at radius 3 is 1.52 bits per heavy atom. The van der Waals surface area contributed by atoms with Crippen LogP contribution in [0.15, 0.2) is 0 Å². The second-order valence-electron chi connectivity index (χ2n) is 5.98. The van der Waals surface area contributed by atoms with Crippen LogP contribution in [0.1, 0.15) is 55.4 Å². The molecule has 0 atom stereocenters. The van der Waals surface area contributed by atoms with Crippen molar-refractivity contribution in [2.45, 2.75) is 66.6 Å². The summed E-state index contributed by atoms with van der Waals surface area (Å²) in [7, 11) is 0. The number of amides is 1. The Hall–Kier alpha value is -1.70. The Morgan fingerprint density at radius 1 is 1.00 bits per heavy atom. The average Bonchev–Trinajstić information content (AvgIpc) is 2.30. The second-order valence-corrected chi connectivity index (χ2v) is 5.98. The summed E-state index contributed by atoms with van der Waals surface area (Å²) in [6, 6.07) is 0. The third-order valence-electron chi connectivity index (χ3n) is 1.82. The molecule has 0 radical (unpaired) electrons. The molecule has 0 aliphatic carbocycles. The minimum Gasteiger partial charge on any atom is -0.462 e. The van der Waals surface area contributed by atoms with Gasteiger partial charge in [0.05, 0.1) is 0 Å². The molecule has 5 heteroatoms. The standard InChI is InChI=1S/C9H19NO2.C5H10O2.C2H2/c1-6-10(7-2)8(11)12-9(3,4)5;1-5(2,3)7-4-6;1-2/h6-7H2,1-5H3;4H,1-3H3;1-2H. The molecule has 0 heterocycles. The Balaban J connectivity index is -0.000000307. The van der Waals surface area contributed by atoms with Crippen molar-refractivity contribution >= 4 is 12.6 Å². The summed E-state index contributed by atoms with van der Waals surface area (Å²) < 4.78 is 9.72. The summed E-state index contributed by atoms with van der Waals surface area (Å²) in [5.74, 6) is 0. The zero-order valence-corrected chi connectivity index (χ0v) is 14.7. The van der Waals surface area contributed by atoms with Crippen molar-refractivity contribution in [3.63, 3.8) is 0 Å². The molecule has 0 spiro atoms. The van der Waals surface area contributed by atoms with Crippen LogP contribution in [-0.2, 0) is 14.3 Å². The lowest BCUT2D eigenvalue weighted by molar-refractivity contribution is -0.138. The third-order valence-corrected chi connectivity index (χ3v) is 1.82. The lowest BCUT2D eigenvalue weighted by atomic mass is 10.2. The van der Waals surface area contributed by atoms with Crippen molar-refractivity contribution in [1.29, 1.82) is 0 Å². The van der Waals surface area contributed by atoms with Gasteiger partial charge in [0, 0.05) is 13.1 Å². The molecule has 5 nitrogen and oxygen atoms in total. The number of rotatable bonds is 3. The molecule has 1 amide bonds. The number of hydrogen-bond acceptors (Lipinski definition) is 4. The van der Waals surface area contributed by atoms with Crippen LogP contribution in [0.5, 0.6) is 0 Å². The molecule has 21 heavy (non-hydrogen) atoms. The van der Waals surface area contributed by atoms with Crippen molar-refractivity contribution in [2.75, 3.05) is 13.1 Å². The fraction of sp³-hybridized carbons (Fsp3) is 0.750. The van der Waals surface area contributed by atoms with Gasteiger partial charge >= 0.3 is 6.09 Å². The first kappa shape index (κ1) is 24.3. The smallest absolute Gasteiger partial charge is 0.410 e. The summed E-state index contributed by atoms with van der Waals surface area (Å²) in [6.07, 6.45) is 7.77. The normalized spacial score (nSPS) is 10.0. The highest BCUT2D eigenvalue weighted by Gasteiger charge is 2.19. The average molecular weight is 301 g/mol. The molecule has 124 valence electrons. The number of terminal acetylenes is 1. The molecule has 0 aliphatic rings. The maximum absolute atomic E-state index is 11.3. The zero-order valence-electron chi connectivity index (χ0n) is 14.7. The molecular formula is C16H31NO4. The molecule has 0 rings (SSSR count). The highest BCUT2D eigenvalue weighted by atomic mass is 16.6. The topological polar surface area (TPSA) is 55.8 Å². The zero-order chi connectivity index (χ0) is 17.7. The van der Waals surface area contributed by atoms with Gasteiger partial charge < -0.3 is 14.4 Å². The van der Waals surface area contributed by atoms with E-state index in [9.17, 15) is 9.59 Å². The highest BCUT2D eigenvalue weighted by Crippen LogP contribution is 2.09. The van der Waals surface area contributed by atoms with Crippen molar-refractivity contribution in [2.24, 2.45) is 0 Å². The van der Waals surface area contributed by atoms with Crippen LogP contribution in [0.25, 0.3) is 0 Å². The van der Waals surface area contributed by atoms with E-state index in [2.05, 4.69) is 17.6 Å². The van der Waals surface area contributed by atoms with E-state index < -0.39 is 0 Å². The van der Waals surface area contributed by atoms with E-state index in [0.29, 0.717) is 19.6 Å². The van der Waals surface area contributed by atoms with Crippen LogP contribution in [0, 0.1) is 12.8 Å². The van der Waals surface area contributed by atoms with E-state index in [1.807, 2.05) is 55.4 Å².